The van der Waals surface area contributed by atoms with Gasteiger partial charge in [-0.25, -0.2) is 0 Å². The van der Waals surface area contributed by atoms with Gasteiger partial charge in [-0.15, -0.1) is 0 Å². The average molecular weight is 249 g/mol. The Morgan fingerprint density at radius 3 is 2.44 bits per heavy atom. The molecule has 0 bridgehead atoms. The zero-order valence-corrected chi connectivity index (χ0v) is 10.5. The molecule has 0 unspecified atom stereocenters. The third-order valence-electron chi connectivity index (χ3n) is 2.72. The molecule has 0 aliphatic carbocycles. The predicted octanol–water partition coefficient (Wildman–Crippen LogP) is 0.238. The number of nitrogens with two attached hydrogens (primary N) is 2. The second-order valence-corrected chi connectivity index (χ2v) is 4.28. The molecule has 0 radical (unpaired) electrons. The number of hydrogen-bond donors (Lipinski definition) is 2. The molecule has 1 atom stereocenters. The van der Waals surface area contributed by atoms with Gasteiger partial charge in [-0.3, -0.25) is 9.59 Å². The normalized spacial score (nSPS) is 11.9. The molecule has 0 aromatic heterocycles. The van der Waals surface area contributed by atoms with E-state index in [9.17, 15) is 9.59 Å². The van der Waals surface area contributed by atoms with E-state index in [1.165, 1.54) is 0 Å². The number of benzene rings is 1. The van der Waals surface area contributed by atoms with Gasteiger partial charge in [-0.1, -0.05) is 30.3 Å². The van der Waals surface area contributed by atoms with Crippen LogP contribution in [0.15, 0.2) is 30.3 Å². The van der Waals surface area contributed by atoms with Gasteiger partial charge < -0.3 is 16.4 Å². The molecule has 2 amide bonds. The summed E-state index contributed by atoms with van der Waals surface area (Å²) in [5, 5.41) is 0. The number of carbonyl (C=O) groups excluding carboxylic acids is 2. The average Bonchev–Trinajstić information content (AvgIpc) is 2.36. The molecule has 0 spiro atoms. The molecule has 1 rings (SSSR count). The van der Waals surface area contributed by atoms with Crippen molar-refractivity contribution in [3.05, 3.63) is 35.9 Å². The minimum Gasteiger partial charge on any atom is -0.368 e. The first-order chi connectivity index (χ1) is 8.50. The Kier molecular flexibility index (Phi) is 5.32. The van der Waals surface area contributed by atoms with Gasteiger partial charge in [0.05, 0.1) is 6.04 Å². The van der Waals surface area contributed by atoms with Crippen molar-refractivity contribution >= 4 is 11.8 Å². The first-order valence-electron chi connectivity index (χ1n) is 5.83. The number of rotatable bonds is 6. The van der Waals surface area contributed by atoms with E-state index in [0.29, 0.717) is 6.54 Å². The summed E-state index contributed by atoms with van der Waals surface area (Å²) in [4.78, 5) is 24.2. The summed E-state index contributed by atoms with van der Waals surface area (Å²) in [7, 11) is 1.73. The first kappa shape index (κ1) is 14.2. The van der Waals surface area contributed by atoms with Gasteiger partial charge in [0.15, 0.2) is 0 Å². The van der Waals surface area contributed by atoms with Crippen LogP contribution in [0.3, 0.4) is 0 Å². The minimum atomic E-state index is -0.751. The largest absolute Gasteiger partial charge is 0.368 e. The maximum absolute atomic E-state index is 11.8. The first-order valence-corrected chi connectivity index (χ1v) is 5.83. The topological polar surface area (TPSA) is 89.4 Å². The van der Waals surface area contributed by atoms with Crippen LogP contribution in [0.2, 0.25) is 0 Å². The standard InChI is InChI=1S/C13H19N3O2/c1-16(9-10-5-3-2-4-6-10)12(17)8-7-11(14)13(15)18/h2-6,11H,7-9,14H2,1H3,(H2,15,18)/t11-/m0/s1. The van der Waals surface area contributed by atoms with Crippen LogP contribution >= 0.6 is 0 Å². The lowest BCUT2D eigenvalue weighted by Crippen LogP contribution is -2.37. The van der Waals surface area contributed by atoms with Gasteiger partial charge in [-0.2, -0.15) is 0 Å². The van der Waals surface area contributed by atoms with Crippen LogP contribution in [0.5, 0.6) is 0 Å². The molecule has 98 valence electrons. The summed E-state index contributed by atoms with van der Waals surface area (Å²) in [6, 6.07) is 8.95. The fourth-order valence-corrected chi connectivity index (χ4v) is 1.56. The summed E-state index contributed by atoms with van der Waals surface area (Å²) in [5.74, 6) is -0.621. The molecule has 0 aliphatic heterocycles. The lowest BCUT2D eigenvalue weighted by atomic mass is 10.1. The molecular weight excluding hydrogens is 230 g/mol. The molecule has 0 fully saturated rings. The van der Waals surface area contributed by atoms with Crippen molar-refractivity contribution in [3.8, 4) is 0 Å². The highest BCUT2D eigenvalue weighted by atomic mass is 16.2. The van der Waals surface area contributed by atoms with Crippen molar-refractivity contribution in [1.82, 2.24) is 4.90 Å². The Bertz CT molecular complexity index is 406. The maximum Gasteiger partial charge on any atom is 0.234 e. The summed E-state index contributed by atoms with van der Waals surface area (Å²) in [6.45, 7) is 0.547. The second kappa shape index (κ2) is 6.76. The number of carbonyl (C=O) groups is 2. The van der Waals surface area contributed by atoms with E-state index >= 15 is 0 Å². The third-order valence-corrected chi connectivity index (χ3v) is 2.72. The number of hydrogen-bond acceptors (Lipinski definition) is 3. The van der Waals surface area contributed by atoms with Crippen molar-refractivity contribution in [3.63, 3.8) is 0 Å². The molecule has 5 heteroatoms. The van der Waals surface area contributed by atoms with E-state index in [1.807, 2.05) is 30.3 Å². The van der Waals surface area contributed by atoms with Gasteiger partial charge >= 0.3 is 0 Å². The Morgan fingerprint density at radius 1 is 1.28 bits per heavy atom. The van der Waals surface area contributed by atoms with Crippen molar-refractivity contribution in [2.75, 3.05) is 7.05 Å². The zero-order chi connectivity index (χ0) is 13.5. The number of amides is 2. The monoisotopic (exact) mass is 249 g/mol. The highest BCUT2D eigenvalue weighted by Gasteiger charge is 2.14. The summed E-state index contributed by atoms with van der Waals surface area (Å²) < 4.78 is 0. The Labute approximate surface area is 107 Å². The molecule has 0 saturated carbocycles. The lowest BCUT2D eigenvalue weighted by molar-refractivity contribution is -0.130. The highest BCUT2D eigenvalue weighted by molar-refractivity contribution is 5.81. The lowest BCUT2D eigenvalue weighted by Gasteiger charge is -2.18. The van der Waals surface area contributed by atoms with Crippen LogP contribution in [-0.2, 0) is 16.1 Å². The van der Waals surface area contributed by atoms with Crippen molar-refractivity contribution in [1.29, 1.82) is 0 Å². The van der Waals surface area contributed by atoms with Crippen LogP contribution in [0.25, 0.3) is 0 Å². The molecule has 4 N–H and O–H groups in total. The molecular formula is C13H19N3O2. The van der Waals surface area contributed by atoms with E-state index in [2.05, 4.69) is 0 Å². The van der Waals surface area contributed by atoms with Crippen LogP contribution in [-0.4, -0.2) is 29.8 Å². The fourth-order valence-electron chi connectivity index (χ4n) is 1.56. The third kappa shape index (κ3) is 4.55. The Morgan fingerprint density at radius 2 is 1.89 bits per heavy atom. The van der Waals surface area contributed by atoms with E-state index in [0.717, 1.165) is 5.56 Å². The van der Waals surface area contributed by atoms with Crippen LogP contribution < -0.4 is 11.5 Å². The minimum absolute atomic E-state index is 0.0458. The SMILES string of the molecule is CN(Cc1ccccc1)C(=O)CC[C@H](N)C(N)=O. The predicted molar refractivity (Wildman–Crippen MR) is 69.3 cm³/mol. The fraction of sp³-hybridized carbons (Fsp3) is 0.385. The Balaban J connectivity index is 2.40. The molecule has 18 heavy (non-hydrogen) atoms. The Hall–Kier alpha value is -1.88. The maximum atomic E-state index is 11.8. The summed E-state index contributed by atoms with van der Waals surface area (Å²) in [5.41, 5.74) is 11.6. The molecule has 1 aromatic carbocycles. The molecule has 0 heterocycles. The van der Waals surface area contributed by atoms with Crippen molar-refractivity contribution in [2.24, 2.45) is 11.5 Å². The van der Waals surface area contributed by atoms with E-state index in [-0.39, 0.29) is 18.7 Å². The number of nitrogens with zero attached hydrogens (tertiary/aromatic N) is 1. The van der Waals surface area contributed by atoms with Crippen molar-refractivity contribution in [2.45, 2.75) is 25.4 Å². The quantitative estimate of drug-likeness (QED) is 0.756. The molecule has 0 saturated heterocycles. The van der Waals surface area contributed by atoms with E-state index in [4.69, 9.17) is 11.5 Å². The summed E-state index contributed by atoms with van der Waals surface area (Å²) >= 11 is 0. The highest BCUT2D eigenvalue weighted by Crippen LogP contribution is 2.05. The van der Waals surface area contributed by atoms with Gasteiger partial charge in [-0.05, 0) is 12.0 Å². The smallest absolute Gasteiger partial charge is 0.234 e. The van der Waals surface area contributed by atoms with Gasteiger partial charge in [0, 0.05) is 20.0 Å². The molecule has 1 aromatic rings. The number of primary amides is 1. The molecule has 0 aliphatic rings. The van der Waals surface area contributed by atoms with Gasteiger partial charge in [0.2, 0.25) is 11.8 Å². The van der Waals surface area contributed by atoms with Crippen molar-refractivity contribution < 1.29 is 9.59 Å². The van der Waals surface area contributed by atoms with Crippen LogP contribution in [0, 0.1) is 0 Å². The van der Waals surface area contributed by atoms with E-state index in [1.54, 1.807) is 11.9 Å². The zero-order valence-electron chi connectivity index (χ0n) is 10.5. The second-order valence-electron chi connectivity index (χ2n) is 4.28. The van der Waals surface area contributed by atoms with Gasteiger partial charge in [0.25, 0.3) is 0 Å². The van der Waals surface area contributed by atoms with Gasteiger partial charge in [0.1, 0.15) is 0 Å². The van der Waals surface area contributed by atoms with Crippen LogP contribution in [0.1, 0.15) is 18.4 Å². The molecule has 5 nitrogen and oxygen atoms in total. The van der Waals surface area contributed by atoms with E-state index < -0.39 is 11.9 Å². The van der Waals surface area contributed by atoms with Crippen LogP contribution in [0.4, 0.5) is 0 Å². The summed E-state index contributed by atoms with van der Waals surface area (Å²) in [6.07, 6.45) is 0.515.